The molecule has 0 atom stereocenters. The number of hydrogen-bond donors (Lipinski definition) is 0. The van der Waals surface area contributed by atoms with Gasteiger partial charge >= 0.3 is 0 Å². The average Bonchev–Trinajstić information content (AvgIpc) is 2.49. The fourth-order valence-corrected chi connectivity index (χ4v) is 1.11. The summed E-state index contributed by atoms with van der Waals surface area (Å²) in [6.45, 7) is 8.00. The summed E-state index contributed by atoms with van der Waals surface area (Å²) in [7, 11) is 2.93. The van der Waals surface area contributed by atoms with E-state index >= 15 is 0 Å². The lowest BCUT2D eigenvalue weighted by atomic mass is 10.1. The second kappa shape index (κ2) is 11.6. The van der Waals surface area contributed by atoms with E-state index in [-0.39, 0.29) is 11.1 Å². The van der Waals surface area contributed by atoms with Gasteiger partial charge in [0.2, 0.25) is 0 Å². The first-order chi connectivity index (χ1) is 8.76. The Balaban J connectivity index is 0. The zero-order valence-electron chi connectivity index (χ0n) is 11.9. The molecule has 1 aromatic carbocycles. The van der Waals surface area contributed by atoms with E-state index in [1.807, 2.05) is 27.7 Å². The molecule has 0 aromatic heterocycles. The van der Waals surface area contributed by atoms with E-state index in [1.54, 1.807) is 0 Å². The lowest BCUT2D eigenvalue weighted by Gasteiger charge is -2.08. The van der Waals surface area contributed by atoms with E-state index in [4.69, 9.17) is 9.47 Å². The van der Waals surface area contributed by atoms with Crippen molar-refractivity contribution in [3.63, 3.8) is 0 Å². The Morgan fingerprint density at radius 1 is 0.778 bits per heavy atom. The fraction of sp³-hybridized carbons (Fsp3) is 0.429. The van der Waals surface area contributed by atoms with Crippen LogP contribution < -0.4 is 9.47 Å². The number of benzene rings is 1. The number of carbonyl (C=O) groups excluding carboxylic acids is 2. The molecule has 0 fully saturated rings. The van der Waals surface area contributed by atoms with Gasteiger partial charge in [-0.05, 0) is 12.1 Å². The highest BCUT2D eigenvalue weighted by Gasteiger charge is 2.09. The van der Waals surface area contributed by atoms with Crippen LogP contribution in [-0.4, -0.2) is 26.8 Å². The van der Waals surface area contributed by atoms with E-state index < -0.39 is 0 Å². The van der Waals surface area contributed by atoms with Crippen LogP contribution in [-0.2, 0) is 0 Å². The van der Waals surface area contributed by atoms with Crippen molar-refractivity contribution in [2.75, 3.05) is 14.2 Å². The van der Waals surface area contributed by atoms with Gasteiger partial charge in [0.1, 0.15) is 0 Å². The minimum Gasteiger partial charge on any atom is -0.493 e. The largest absolute Gasteiger partial charge is 0.493 e. The minimum absolute atomic E-state index is 0.289. The molecular formula is C14H22O4. The van der Waals surface area contributed by atoms with E-state index in [1.165, 1.54) is 26.4 Å². The van der Waals surface area contributed by atoms with Crippen LogP contribution in [0.15, 0.2) is 12.1 Å². The van der Waals surface area contributed by atoms with E-state index in [0.717, 1.165) is 0 Å². The number of rotatable bonds is 4. The van der Waals surface area contributed by atoms with Crippen molar-refractivity contribution < 1.29 is 19.1 Å². The lowest BCUT2D eigenvalue weighted by molar-refractivity contribution is 0.109. The number of methoxy groups -OCH3 is 2. The molecular weight excluding hydrogens is 232 g/mol. The molecule has 1 aromatic rings. The molecule has 0 saturated carbocycles. The number of carbonyl (C=O) groups is 2. The highest BCUT2D eigenvalue weighted by molar-refractivity contribution is 5.91. The monoisotopic (exact) mass is 254 g/mol. The van der Waals surface area contributed by atoms with Crippen molar-refractivity contribution in [3.8, 4) is 11.5 Å². The molecule has 0 amide bonds. The van der Waals surface area contributed by atoms with Gasteiger partial charge in [-0.25, -0.2) is 0 Å². The Morgan fingerprint density at radius 3 is 1.22 bits per heavy atom. The van der Waals surface area contributed by atoms with Crippen molar-refractivity contribution in [2.24, 2.45) is 0 Å². The summed E-state index contributed by atoms with van der Waals surface area (Å²) in [5.41, 5.74) is 0.579. The minimum atomic E-state index is 0.289. The standard InChI is InChI=1S/C10H10O4.2C2H6/c1-13-9-3-7(5-11)8(6-12)4-10(9)14-2;2*1-2/h3-6H,1-2H3;2*1-2H3. The highest BCUT2D eigenvalue weighted by atomic mass is 16.5. The molecule has 0 aliphatic rings. The summed E-state index contributed by atoms with van der Waals surface area (Å²) >= 11 is 0. The summed E-state index contributed by atoms with van der Waals surface area (Å²) in [4.78, 5) is 21.2. The van der Waals surface area contributed by atoms with Gasteiger partial charge in [0.05, 0.1) is 14.2 Å². The summed E-state index contributed by atoms with van der Waals surface area (Å²) in [5, 5.41) is 0. The van der Waals surface area contributed by atoms with Crippen molar-refractivity contribution in [2.45, 2.75) is 27.7 Å². The second-order valence-electron chi connectivity index (χ2n) is 2.57. The lowest BCUT2D eigenvalue weighted by Crippen LogP contribution is -1.96. The molecule has 0 N–H and O–H groups in total. The molecule has 0 radical (unpaired) electrons. The number of hydrogen-bond acceptors (Lipinski definition) is 4. The van der Waals surface area contributed by atoms with Gasteiger partial charge in [0.15, 0.2) is 24.1 Å². The summed E-state index contributed by atoms with van der Waals surface area (Å²) in [6, 6.07) is 2.94. The fourth-order valence-electron chi connectivity index (χ4n) is 1.11. The van der Waals surface area contributed by atoms with Crippen LogP contribution in [0.1, 0.15) is 48.4 Å². The maximum Gasteiger partial charge on any atom is 0.161 e. The Morgan fingerprint density at radius 2 is 1.06 bits per heavy atom. The first kappa shape index (κ1) is 18.5. The van der Waals surface area contributed by atoms with Crippen LogP contribution in [0.5, 0.6) is 11.5 Å². The zero-order chi connectivity index (χ0) is 14.6. The number of ether oxygens (including phenoxy) is 2. The van der Waals surface area contributed by atoms with Gasteiger partial charge in [-0.2, -0.15) is 0 Å². The van der Waals surface area contributed by atoms with Crippen LogP contribution in [0.4, 0.5) is 0 Å². The van der Waals surface area contributed by atoms with Crippen molar-refractivity contribution in [1.29, 1.82) is 0 Å². The average molecular weight is 254 g/mol. The maximum atomic E-state index is 10.6. The molecule has 0 bridgehead atoms. The third-order valence-corrected chi connectivity index (χ3v) is 1.84. The van der Waals surface area contributed by atoms with Gasteiger partial charge in [0.25, 0.3) is 0 Å². The SMILES string of the molecule is CC.CC.COc1cc(C=O)c(C=O)cc1OC. The molecule has 4 nitrogen and oxygen atoms in total. The van der Waals surface area contributed by atoms with Gasteiger partial charge in [0, 0.05) is 11.1 Å². The van der Waals surface area contributed by atoms with E-state index in [0.29, 0.717) is 24.1 Å². The smallest absolute Gasteiger partial charge is 0.161 e. The van der Waals surface area contributed by atoms with Crippen LogP contribution in [0.3, 0.4) is 0 Å². The Bertz CT molecular complexity index is 324. The summed E-state index contributed by atoms with van der Waals surface area (Å²) < 4.78 is 9.96. The van der Waals surface area contributed by atoms with Crippen LogP contribution >= 0.6 is 0 Å². The first-order valence-corrected chi connectivity index (χ1v) is 5.93. The predicted octanol–water partition coefficient (Wildman–Crippen LogP) is 3.38. The number of aldehydes is 2. The molecule has 0 heterocycles. The maximum absolute atomic E-state index is 10.6. The van der Waals surface area contributed by atoms with Crippen molar-refractivity contribution >= 4 is 12.6 Å². The molecule has 1 rings (SSSR count). The molecule has 0 aliphatic carbocycles. The third kappa shape index (κ3) is 4.99. The third-order valence-electron chi connectivity index (χ3n) is 1.84. The summed E-state index contributed by atoms with van der Waals surface area (Å²) in [5.74, 6) is 0.861. The van der Waals surface area contributed by atoms with E-state index in [9.17, 15) is 9.59 Å². The van der Waals surface area contributed by atoms with Crippen LogP contribution in [0, 0.1) is 0 Å². The Hall–Kier alpha value is -1.84. The normalized spacial score (nSPS) is 7.89. The van der Waals surface area contributed by atoms with Crippen LogP contribution in [0.2, 0.25) is 0 Å². The molecule has 0 saturated heterocycles. The molecule has 0 unspecified atom stereocenters. The van der Waals surface area contributed by atoms with Crippen molar-refractivity contribution in [3.05, 3.63) is 23.3 Å². The quantitative estimate of drug-likeness (QED) is 0.773. The van der Waals surface area contributed by atoms with Gasteiger partial charge in [-0.3, -0.25) is 9.59 Å². The summed E-state index contributed by atoms with van der Waals surface area (Å²) in [6.07, 6.45) is 1.21. The molecule has 0 spiro atoms. The topological polar surface area (TPSA) is 52.6 Å². The molecule has 18 heavy (non-hydrogen) atoms. The highest BCUT2D eigenvalue weighted by Crippen LogP contribution is 2.29. The predicted molar refractivity (Wildman–Crippen MR) is 73.0 cm³/mol. The zero-order valence-corrected chi connectivity index (χ0v) is 11.9. The van der Waals surface area contributed by atoms with Gasteiger partial charge in [-0.1, -0.05) is 27.7 Å². The Labute approximate surface area is 109 Å². The molecule has 102 valence electrons. The first-order valence-electron chi connectivity index (χ1n) is 5.93. The van der Waals surface area contributed by atoms with Gasteiger partial charge in [-0.15, -0.1) is 0 Å². The Kier molecular flexibility index (Phi) is 12.0. The van der Waals surface area contributed by atoms with Crippen molar-refractivity contribution in [1.82, 2.24) is 0 Å². The van der Waals surface area contributed by atoms with Gasteiger partial charge < -0.3 is 9.47 Å². The molecule has 0 aliphatic heterocycles. The van der Waals surface area contributed by atoms with E-state index in [2.05, 4.69) is 0 Å². The second-order valence-corrected chi connectivity index (χ2v) is 2.57. The molecule has 4 heteroatoms. The van der Waals surface area contributed by atoms with Crippen LogP contribution in [0.25, 0.3) is 0 Å².